The van der Waals surface area contributed by atoms with Crippen LogP contribution in [0, 0.1) is 12.7 Å². The van der Waals surface area contributed by atoms with Crippen LogP contribution in [0.25, 0.3) is 11.3 Å². The minimum atomic E-state index is -1.23. The summed E-state index contributed by atoms with van der Waals surface area (Å²) in [6, 6.07) is 3.35. The van der Waals surface area contributed by atoms with Crippen LogP contribution in [0.5, 0.6) is 0 Å². The van der Waals surface area contributed by atoms with Crippen LogP contribution in [0.15, 0.2) is 18.2 Å². The number of hydrogen-bond acceptors (Lipinski definition) is 3. The van der Waals surface area contributed by atoms with Crippen molar-refractivity contribution in [2.75, 3.05) is 0 Å². The number of benzene rings is 1. The average molecular weight is 264 g/mol. The molecular formula is C12H9FN2O4. The lowest BCUT2D eigenvalue weighted by Gasteiger charge is -2.05. The van der Waals surface area contributed by atoms with Crippen molar-refractivity contribution in [1.29, 1.82) is 0 Å². The molecule has 19 heavy (non-hydrogen) atoms. The van der Waals surface area contributed by atoms with Gasteiger partial charge in [0, 0.05) is 5.56 Å². The summed E-state index contributed by atoms with van der Waals surface area (Å²) in [4.78, 5) is 21.7. The lowest BCUT2D eigenvalue weighted by molar-refractivity contribution is 0.0682. The van der Waals surface area contributed by atoms with Crippen molar-refractivity contribution in [2.24, 2.45) is 0 Å². The number of aromatic amines is 1. The first kappa shape index (κ1) is 12.7. The summed E-state index contributed by atoms with van der Waals surface area (Å²) >= 11 is 0. The van der Waals surface area contributed by atoms with Crippen LogP contribution >= 0.6 is 0 Å². The fourth-order valence-electron chi connectivity index (χ4n) is 1.67. The van der Waals surface area contributed by atoms with E-state index in [9.17, 15) is 14.0 Å². The van der Waals surface area contributed by atoms with Crippen molar-refractivity contribution in [1.82, 2.24) is 10.2 Å². The van der Waals surface area contributed by atoms with Crippen molar-refractivity contribution in [2.45, 2.75) is 6.92 Å². The van der Waals surface area contributed by atoms with Gasteiger partial charge in [0.1, 0.15) is 11.5 Å². The molecule has 2 aromatic rings. The number of carboxylic acid groups (broad SMARTS) is 2. The van der Waals surface area contributed by atoms with E-state index < -0.39 is 17.8 Å². The van der Waals surface area contributed by atoms with Gasteiger partial charge in [-0.1, -0.05) is 0 Å². The number of aromatic nitrogens is 2. The number of H-pyrrole nitrogens is 1. The van der Waals surface area contributed by atoms with Crippen LogP contribution in [0.4, 0.5) is 4.39 Å². The number of carboxylic acids is 2. The minimum Gasteiger partial charge on any atom is -0.478 e. The molecule has 1 heterocycles. The number of carbonyl (C=O) groups is 2. The van der Waals surface area contributed by atoms with Crippen molar-refractivity contribution >= 4 is 11.9 Å². The Labute approximate surface area is 106 Å². The molecule has 0 bridgehead atoms. The second-order valence-electron chi connectivity index (χ2n) is 3.92. The lowest BCUT2D eigenvalue weighted by Crippen LogP contribution is -2.01. The predicted molar refractivity (Wildman–Crippen MR) is 62.6 cm³/mol. The quantitative estimate of drug-likeness (QED) is 0.785. The smallest absolute Gasteiger partial charge is 0.353 e. The maximum Gasteiger partial charge on any atom is 0.353 e. The molecule has 0 fully saturated rings. The van der Waals surface area contributed by atoms with Gasteiger partial charge >= 0.3 is 11.9 Å². The van der Waals surface area contributed by atoms with Gasteiger partial charge in [-0.15, -0.1) is 0 Å². The Morgan fingerprint density at radius 1 is 1.21 bits per heavy atom. The van der Waals surface area contributed by atoms with Gasteiger partial charge in [0.05, 0.1) is 11.3 Å². The number of nitrogens with one attached hydrogen (secondary N) is 1. The highest BCUT2D eigenvalue weighted by atomic mass is 19.1. The maximum atomic E-state index is 13.8. The lowest BCUT2D eigenvalue weighted by atomic mass is 10.0. The van der Waals surface area contributed by atoms with Crippen molar-refractivity contribution < 1.29 is 24.2 Å². The van der Waals surface area contributed by atoms with E-state index in [2.05, 4.69) is 10.2 Å². The molecule has 0 atom stereocenters. The van der Waals surface area contributed by atoms with E-state index in [0.717, 1.165) is 18.2 Å². The highest BCUT2D eigenvalue weighted by molar-refractivity contribution is 5.91. The summed E-state index contributed by atoms with van der Waals surface area (Å²) in [6.45, 7) is 1.48. The van der Waals surface area contributed by atoms with E-state index in [1.807, 2.05) is 0 Å². The molecule has 1 aromatic heterocycles. The van der Waals surface area contributed by atoms with Crippen LogP contribution in [0.3, 0.4) is 0 Å². The third-order valence-electron chi connectivity index (χ3n) is 2.63. The standard InChI is InChI=1S/C12H9FN2O4/c1-5-2-8(13)7(3-6(5)11(16)17)9-4-10(12(18)19)15-14-9/h2-4H,1H3,(H,14,15)(H,16,17)(H,18,19). The van der Waals surface area contributed by atoms with Gasteiger partial charge in [-0.25, -0.2) is 14.0 Å². The van der Waals surface area contributed by atoms with Crippen LogP contribution in [0.1, 0.15) is 26.4 Å². The third-order valence-corrected chi connectivity index (χ3v) is 2.63. The molecule has 0 saturated carbocycles. The highest BCUT2D eigenvalue weighted by Crippen LogP contribution is 2.25. The molecular weight excluding hydrogens is 255 g/mol. The zero-order valence-corrected chi connectivity index (χ0v) is 9.77. The number of rotatable bonds is 3. The number of halogens is 1. The van der Waals surface area contributed by atoms with E-state index >= 15 is 0 Å². The molecule has 0 unspecified atom stereocenters. The zero-order valence-electron chi connectivity index (χ0n) is 9.77. The highest BCUT2D eigenvalue weighted by Gasteiger charge is 2.17. The summed E-state index contributed by atoms with van der Waals surface area (Å²) in [5, 5.41) is 23.6. The topological polar surface area (TPSA) is 103 Å². The number of aryl methyl sites for hydroxylation is 1. The first-order valence-electron chi connectivity index (χ1n) is 5.22. The van der Waals surface area contributed by atoms with Gasteiger partial charge < -0.3 is 10.2 Å². The van der Waals surface area contributed by atoms with Gasteiger partial charge in [0.15, 0.2) is 0 Å². The van der Waals surface area contributed by atoms with Crippen LogP contribution in [-0.4, -0.2) is 32.3 Å². The van der Waals surface area contributed by atoms with Gasteiger partial charge in [0.25, 0.3) is 0 Å². The first-order valence-corrected chi connectivity index (χ1v) is 5.22. The van der Waals surface area contributed by atoms with Crippen LogP contribution in [0.2, 0.25) is 0 Å². The van der Waals surface area contributed by atoms with Gasteiger partial charge in [-0.3, -0.25) is 5.10 Å². The number of hydrogen-bond donors (Lipinski definition) is 3. The predicted octanol–water partition coefficient (Wildman–Crippen LogP) is 1.92. The zero-order chi connectivity index (χ0) is 14.2. The molecule has 0 aliphatic heterocycles. The molecule has 6 nitrogen and oxygen atoms in total. The summed E-state index contributed by atoms with van der Waals surface area (Å²) in [5.74, 6) is -3.08. The fourth-order valence-corrected chi connectivity index (χ4v) is 1.67. The van der Waals surface area contributed by atoms with Crippen LogP contribution in [-0.2, 0) is 0 Å². The molecule has 98 valence electrons. The molecule has 0 aliphatic rings. The Bertz CT molecular complexity index is 678. The molecule has 7 heteroatoms. The van der Waals surface area contributed by atoms with E-state index in [0.29, 0.717) is 0 Å². The van der Waals surface area contributed by atoms with E-state index in [1.165, 1.54) is 6.92 Å². The molecule has 1 aromatic carbocycles. The molecule has 0 saturated heterocycles. The molecule has 0 radical (unpaired) electrons. The second kappa shape index (κ2) is 4.52. The van der Waals surface area contributed by atoms with Gasteiger partial charge in [0.2, 0.25) is 0 Å². The SMILES string of the molecule is Cc1cc(F)c(-c2cc(C(=O)O)[nH]n2)cc1C(=O)O. The van der Waals surface area contributed by atoms with E-state index in [-0.39, 0.29) is 28.1 Å². The molecule has 0 spiro atoms. The Morgan fingerprint density at radius 2 is 1.89 bits per heavy atom. The Morgan fingerprint density at radius 3 is 2.42 bits per heavy atom. The normalized spacial score (nSPS) is 10.4. The summed E-state index contributed by atoms with van der Waals surface area (Å²) < 4.78 is 13.8. The monoisotopic (exact) mass is 264 g/mol. The number of nitrogens with zero attached hydrogens (tertiary/aromatic N) is 1. The maximum absolute atomic E-state index is 13.8. The molecule has 0 amide bonds. The first-order chi connectivity index (χ1) is 8.90. The fraction of sp³-hybridized carbons (Fsp3) is 0.0833. The molecule has 2 rings (SSSR count). The summed E-state index contributed by atoms with van der Waals surface area (Å²) in [5.41, 5.74) is -0.00461. The Hall–Kier alpha value is -2.70. The number of aromatic carboxylic acids is 2. The molecule has 0 aliphatic carbocycles. The van der Waals surface area contributed by atoms with E-state index in [4.69, 9.17) is 10.2 Å². The van der Waals surface area contributed by atoms with Crippen molar-refractivity contribution in [3.8, 4) is 11.3 Å². The minimum absolute atomic E-state index is 0.0393. The van der Waals surface area contributed by atoms with Crippen LogP contribution < -0.4 is 0 Å². The van der Waals surface area contributed by atoms with E-state index in [1.54, 1.807) is 0 Å². The van der Waals surface area contributed by atoms with Gasteiger partial charge in [-0.05, 0) is 30.7 Å². The van der Waals surface area contributed by atoms with Crippen molar-refractivity contribution in [3.63, 3.8) is 0 Å². The Balaban J connectivity index is 2.57. The summed E-state index contributed by atoms with van der Waals surface area (Å²) in [6.07, 6.45) is 0. The second-order valence-corrected chi connectivity index (χ2v) is 3.92. The average Bonchev–Trinajstić information content (AvgIpc) is 2.77. The van der Waals surface area contributed by atoms with Gasteiger partial charge in [-0.2, -0.15) is 5.10 Å². The van der Waals surface area contributed by atoms with Crippen molar-refractivity contribution in [3.05, 3.63) is 40.8 Å². The molecule has 3 N–H and O–H groups in total. The largest absolute Gasteiger partial charge is 0.478 e. The summed E-state index contributed by atoms with van der Waals surface area (Å²) in [7, 11) is 0. The third kappa shape index (κ3) is 2.30. The Kier molecular flexibility index (Phi) is 3.04.